The van der Waals surface area contributed by atoms with Gasteiger partial charge in [0.2, 0.25) is 11.8 Å². The summed E-state index contributed by atoms with van der Waals surface area (Å²) in [6.45, 7) is 4.19. The Balaban J connectivity index is 2.10. The van der Waals surface area contributed by atoms with Crippen LogP contribution in [0.2, 0.25) is 0 Å². The molecule has 126 valence electrons. The Hall–Kier alpha value is -1.96. The van der Waals surface area contributed by atoms with Crippen LogP contribution in [0.4, 0.5) is 4.39 Å². The number of piperazine rings is 1. The summed E-state index contributed by atoms with van der Waals surface area (Å²) < 4.78 is 37.9. The van der Waals surface area contributed by atoms with E-state index in [0.29, 0.717) is 26.2 Å². The molecule has 2 rings (SSSR count). The standard InChI is InChI=1S/C15H19FN2O4S/c1-11(23(21,22)14-5-3-13(16)4-6-14)15(20)18-9-7-17(8-10-18)12(2)19/h3-6,11H,7-10H2,1-2H3. The van der Waals surface area contributed by atoms with Crippen LogP contribution in [0, 0.1) is 5.82 Å². The normalized spacial score (nSPS) is 17.0. The summed E-state index contributed by atoms with van der Waals surface area (Å²) in [5, 5.41) is -1.25. The van der Waals surface area contributed by atoms with E-state index in [9.17, 15) is 22.4 Å². The molecule has 1 unspecified atom stereocenters. The molecule has 1 saturated heterocycles. The van der Waals surface area contributed by atoms with Crippen LogP contribution in [0.1, 0.15) is 13.8 Å². The first-order valence-electron chi connectivity index (χ1n) is 7.27. The van der Waals surface area contributed by atoms with E-state index in [4.69, 9.17) is 0 Å². The summed E-state index contributed by atoms with van der Waals surface area (Å²) in [5.41, 5.74) is 0. The van der Waals surface area contributed by atoms with Gasteiger partial charge in [-0.25, -0.2) is 12.8 Å². The molecule has 1 aliphatic rings. The van der Waals surface area contributed by atoms with Crippen LogP contribution in [-0.4, -0.2) is 61.5 Å². The number of sulfone groups is 1. The van der Waals surface area contributed by atoms with E-state index in [2.05, 4.69) is 0 Å². The predicted molar refractivity (Wildman–Crippen MR) is 81.9 cm³/mol. The second-order valence-corrected chi connectivity index (χ2v) is 7.74. The summed E-state index contributed by atoms with van der Waals surface area (Å²) in [7, 11) is -3.87. The van der Waals surface area contributed by atoms with E-state index in [1.807, 2.05) is 0 Å². The SMILES string of the molecule is CC(=O)N1CCN(C(=O)C(C)S(=O)(=O)c2ccc(F)cc2)CC1. The molecular formula is C15H19FN2O4S. The number of benzene rings is 1. The molecule has 1 heterocycles. The molecular weight excluding hydrogens is 323 g/mol. The molecule has 2 amide bonds. The minimum absolute atomic E-state index is 0.0657. The van der Waals surface area contributed by atoms with Gasteiger partial charge < -0.3 is 9.80 Å². The van der Waals surface area contributed by atoms with Crippen molar-refractivity contribution in [3.63, 3.8) is 0 Å². The first kappa shape index (κ1) is 17.4. The van der Waals surface area contributed by atoms with Crippen molar-refractivity contribution in [3.05, 3.63) is 30.1 Å². The highest BCUT2D eigenvalue weighted by Crippen LogP contribution is 2.19. The zero-order valence-electron chi connectivity index (χ0n) is 13.0. The maximum absolute atomic E-state index is 12.9. The molecule has 1 aromatic carbocycles. The number of amides is 2. The fourth-order valence-corrected chi connectivity index (χ4v) is 3.80. The Morgan fingerprint density at radius 3 is 2.00 bits per heavy atom. The second kappa shape index (κ2) is 6.66. The average Bonchev–Trinajstić information content (AvgIpc) is 2.54. The van der Waals surface area contributed by atoms with Gasteiger partial charge in [0.15, 0.2) is 9.84 Å². The van der Waals surface area contributed by atoms with Gasteiger partial charge in [-0.1, -0.05) is 0 Å². The number of hydrogen-bond acceptors (Lipinski definition) is 4. The van der Waals surface area contributed by atoms with Gasteiger partial charge in [0, 0.05) is 33.1 Å². The van der Waals surface area contributed by atoms with E-state index in [1.165, 1.54) is 18.7 Å². The highest BCUT2D eigenvalue weighted by Gasteiger charge is 2.34. The molecule has 8 heteroatoms. The molecule has 1 atom stereocenters. The molecule has 0 aromatic heterocycles. The zero-order valence-corrected chi connectivity index (χ0v) is 13.8. The number of rotatable bonds is 3. The summed E-state index contributed by atoms with van der Waals surface area (Å²) in [6.07, 6.45) is 0. The van der Waals surface area contributed by atoms with Crippen LogP contribution < -0.4 is 0 Å². The van der Waals surface area contributed by atoms with Gasteiger partial charge in [-0.15, -0.1) is 0 Å². The lowest BCUT2D eigenvalue weighted by atomic mass is 10.3. The van der Waals surface area contributed by atoms with Crippen molar-refractivity contribution < 1.29 is 22.4 Å². The van der Waals surface area contributed by atoms with Crippen LogP contribution in [0.5, 0.6) is 0 Å². The summed E-state index contributed by atoms with van der Waals surface area (Å²) in [4.78, 5) is 26.7. The number of carbonyl (C=O) groups excluding carboxylic acids is 2. The highest BCUT2D eigenvalue weighted by molar-refractivity contribution is 7.92. The third-order valence-electron chi connectivity index (χ3n) is 3.99. The van der Waals surface area contributed by atoms with Gasteiger partial charge in [-0.2, -0.15) is 0 Å². The molecule has 1 aromatic rings. The van der Waals surface area contributed by atoms with Gasteiger partial charge >= 0.3 is 0 Å². The third-order valence-corrected chi connectivity index (χ3v) is 6.05. The molecule has 1 fully saturated rings. The molecule has 0 N–H and O–H groups in total. The van der Waals surface area contributed by atoms with Gasteiger partial charge in [0.25, 0.3) is 0 Å². The smallest absolute Gasteiger partial charge is 0.241 e. The number of carbonyl (C=O) groups is 2. The lowest BCUT2D eigenvalue weighted by molar-refractivity contribution is -0.137. The van der Waals surface area contributed by atoms with Crippen LogP contribution >= 0.6 is 0 Å². The van der Waals surface area contributed by atoms with Crippen LogP contribution in [0.25, 0.3) is 0 Å². The zero-order chi connectivity index (χ0) is 17.2. The molecule has 6 nitrogen and oxygen atoms in total. The Bertz CT molecular complexity index is 695. The lowest BCUT2D eigenvalue weighted by Gasteiger charge is -2.35. The Morgan fingerprint density at radius 1 is 1.04 bits per heavy atom. The maximum atomic E-state index is 12.9. The van der Waals surface area contributed by atoms with Gasteiger partial charge in [-0.3, -0.25) is 9.59 Å². The van der Waals surface area contributed by atoms with Crippen molar-refractivity contribution in [3.8, 4) is 0 Å². The van der Waals surface area contributed by atoms with E-state index < -0.39 is 26.8 Å². The minimum Gasteiger partial charge on any atom is -0.339 e. The van der Waals surface area contributed by atoms with Crippen molar-refractivity contribution in [2.45, 2.75) is 24.0 Å². The Kier molecular flexibility index (Phi) is 5.03. The monoisotopic (exact) mass is 342 g/mol. The fourth-order valence-electron chi connectivity index (χ4n) is 2.46. The molecule has 1 aliphatic heterocycles. The van der Waals surface area contributed by atoms with Crippen molar-refractivity contribution in [1.82, 2.24) is 9.80 Å². The average molecular weight is 342 g/mol. The largest absolute Gasteiger partial charge is 0.339 e. The van der Waals surface area contributed by atoms with Crippen LogP contribution in [-0.2, 0) is 19.4 Å². The van der Waals surface area contributed by atoms with Gasteiger partial charge in [0.1, 0.15) is 11.1 Å². The molecule has 0 radical (unpaired) electrons. The fraction of sp³-hybridized carbons (Fsp3) is 0.467. The van der Waals surface area contributed by atoms with E-state index in [1.54, 1.807) is 4.90 Å². The topological polar surface area (TPSA) is 74.8 Å². The Labute approximate surface area is 134 Å². The van der Waals surface area contributed by atoms with Gasteiger partial charge in [-0.05, 0) is 31.2 Å². The van der Waals surface area contributed by atoms with Crippen molar-refractivity contribution in [2.75, 3.05) is 26.2 Å². The molecule has 0 aliphatic carbocycles. The number of nitrogens with zero attached hydrogens (tertiary/aromatic N) is 2. The molecule has 0 saturated carbocycles. The molecule has 0 bridgehead atoms. The van der Waals surface area contributed by atoms with E-state index in [0.717, 1.165) is 24.3 Å². The first-order valence-corrected chi connectivity index (χ1v) is 8.82. The van der Waals surface area contributed by atoms with Crippen LogP contribution in [0.3, 0.4) is 0 Å². The van der Waals surface area contributed by atoms with Crippen molar-refractivity contribution >= 4 is 21.7 Å². The van der Waals surface area contributed by atoms with Gasteiger partial charge in [0.05, 0.1) is 4.90 Å². The quantitative estimate of drug-likeness (QED) is 0.757. The van der Waals surface area contributed by atoms with E-state index >= 15 is 0 Å². The van der Waals surface area contributed by atoms with E-state index in [-0.39, 0.29) is 10.8 Å². The summed E-state index contributed by atoms with van der Waals surface area (Å²) in [5.74, 6) is -1.11. The molecule has 23 heavy (non-hydrogen) atoms. The predicted octanol–water partition coefficient (Wildman–Crippen LogP) is 0.679. The Morgan fingerprint density at radius 2 is 1.52 bits per heavy atom. The maximum Gasteiger partial charge on any atom is 0.241 e. The molecule has 0 spiro atoms. The first-order chi connectivity index (χ1) is 10.7. The highest BCUT2D eigenvalue weighted by atomic mass is 32.2. The van der Waals surface area contributed by atoms with Crippen molar-refractivity contribution in [1.29, 1.82) is 0 Å². The van der Waals surface area contributed by atoms with Crippen molar-refractivity contribution in [2.24, 2.45) is 0 Å². The summed E-state index contributed by atoms with van der Waals surface area (Å²) >= 11 is 0. The van der Waals surface area contributed by atoms with Crippen LogP contribution in [0.15, 0.2) is 29.2 Å². The minimum atomic E-state index is -3.87. The third kappa shape index (κ3) is 3.69. The second-order valence-electron chi connectivity index (χ2n) is 5.47. The summed E-state index contributed by atoms with van der Waals surface area (Å²) in [6, 6.07) is 4.41. The number of hydrogen-bond donors (Lipinski definition) is 0. The number of halogens is 1. The lowest BCUT2D eigenvalue weighted by Crippen LogP contribution is -2.53.